The number of fused-ring (bicyclic) bond motifs is 1. The highest BCUT2D eigenvalue weighted by Crippen LogP contribution is 2.42. The average Bonchev–Trinajstić information content (AvgIpc) is 3.33. The molecule has 1 aliphatic heterocycles. The molecule has 3 aromatic rings. The number of nitrogens with zero attached hydrogens (tertiary/aromatic N) is 4. The van der Waals surface area contributed by atoms with Crippen molar-refractivity contribution in [3.8, 4) is 5.75 Å². The third kappa shape index (κ3) is 5.80. The Hall–Kier alpha value is -3.03. The van der Waals surface area contributed by atoms with Gasteiger partial charge in [-0.1, -0.05) is 11.6 Å². The Bertz CT molecular complexity index is 1310. The summed E-state index contributed by atoms with van der Waals surface area (Å²) < 4.78 is 36.6. The van der Waals surface area contributed by atoms with Crippen LogP contribution in [-0.2, 0) is 9.30 Å². The lowest BCUT2D eigenvalue weighted by molar-refractivity contribution is 0.136. The molecular formula is C19H23ClFN6O7P. The molecule has 3 heterocycles. The second-order valence-electron chi connectivity index (χ2n) is 7.39. The Labute approximate surface area is 203 Å². The molecule has 2 aromatic heterocycles. The maximum Gasteiger partial charge on any atom is 0.466 e. The number of alkyl carbamates (subject to hydrolysis) is 1. The first-order valence-electron chi connectivity index (χ1n) is 10.2. The van der Waals surface area contributed by atoms with Crippen molar-refractivity contribution < 1.29 is 37.9 Å². The van der Waals surface area contributed by atoms with E-state index in [1.54, 1.807) is 18.5 Å². The molecule has 1 saturated heterocycles. The summed E-state index contributed by atoms with van der Waals surface area (Å²) in [5.41, 5.74) is 7.85. The van der Waals surface area contributed by atoms with Gasteiger partial charge in [0.1, 0.15) is 17.9 Å². The van der Waals surface area contributed by atoms with Gasteiger partial charge in [-0.2, -0.15) is 5.10 Å². The van der Waals surface area contributed by atoms with Gasteiger partial charge < -0.3 is 35.2 Å². The highest BCUT2D eigenvalue weighted by molar-refractivity contribution is 7.45. The number of halogens is 2. The van der Waals surface area contributed by atoms with Crippen molar-refractivity contribution in [2.45, 2.75) is 32.9 Å². The summed E-state index contributed by atoms with van der Waals surface area (Å²) in [7, 11) is -4.64. The second kappa shape index (κ2) is 10.3. The number of hydrogen-bond acceptors (Lipinski definition) is 8. The molecule has 2 atom stereocenters. The first-order valence-corrected chi connectivity index (χ1v) is 12.1. The van der Waals surface area contributed by atoms with Gasteiger partial charge in [-0.15, -0.1) is 0 Å². The number of nitrogen functional groups attached to an aromatic ring is 1. The maximum atomic E-state index is 15.0. The molecule has 0 unspecified atom stereocenters. The van der Waals surface area contributed by atoms with Crippen LogP contribution in [0.5, 0.6) is 5.75 Å². The van der Waals surface area contributed by atoms with E-state index < -0.39 is 31.9 Å². The standard InChI is InChI=1S/C19H20ClFN6O3.H3O4P/c1-4-29-16-10(5-11(20)15(21)14(16)12-6-23-19(28)30-12)9(3)27-18-13(8(2)26-27)17(22)24-7-25-18;1-5(2,3)4/h5,7,9,12H,4,6H2,1-3H3,(H,23,28)(H2,22,24,25);(H3,1,2,3,4)/t9-,12-;/m0./s1. The quantitative estimate of drug-likeness (QED) is 0.302. The van der Waals surface area contributed by atoms with Gasteiger partial charge in [0, 0.05) is 5.56 Å². The third-order valence-electron chi connectivity index (χ3n) is 5.04. The van der Waals surface area contributed by atoms with Crippen LogP contribution < -0.4 is 15.8 Å². The number of benzene rings is 1. The molecule has 0 aliphatic carbocycles. The fraction of sp³-hybridized carbons (Fsp3) is 0.368. The van der Waals surface area contributed by atoms with Gasteiger partial charge >= 0.3 is 13.9 Å². The van der Waals surface area contributed by atoms with E-state index in [0.29, 0.717) is 28.1 Å². The molecule has 16 heteroatoms. The van der Waals surface area contributed by atoms with E-state index in [0.717, 1.165) is 0 Å². The fourth-order valence-corrected chi connectivity index (χ4v) is 3.89. The number of phosphoric acid groups is 1. The van der Waals surface area contributed by atoms with Crippen molar-refractivity contribution in [3.05, 3.63) is 40.1 Å². The minimum Gasteiger partial charge on any atom is -0.493 e. The highest BCUT2D eigenvalue weighted by atomic mass is 35.5. The van der Waals surface area contributed by atoms with Gasteiger partial charge in [-0.3, -0.25) is 0 Å². The van der Waals surface area contributed by atoms with Gasteiger partial charge in [-0.25, -0.2) is 28.4 Å². The lowest BCUT2D eigenvalue weighted by Gasteiger charge is -2.23. The molecule has 1 amide bonds. The number of nitrogens with two attached hydrogens (primary N) is 1. The second-order valence-corrected chi connectivity index (χ2v) is 8.82. The van der Waals surface area contributed by atoms with E-state index in [1.807, 2.05) is 6.92 Å². The summed E-state index contributed by atoms with van der Waals surface area (Å²) in [5.74, 6) is -0.106. The number of ether oxygens (including phenoxy) is 2. The number of rotatable bonds is 5. The summed E-state index contributed by atoms with van der Waals surface area (Å²) >= 11 is 6.22. The first-order chi connectivity index (χ1) is 16.3. The topological polar surface area (TPSA) is 195 Å². The van der Waals surface area contributed by atoms with Crippen molar-refractivity contribution in [2.24, 2.45) is 0 Å². The van der Waals surface area contributed by atoms with Gasteiger partial charge in [0.25, 0.3) is 0 Å². The van der Waals surface area contributed by atoms with E-state index in [-0.39, 0.29) is 29.5 Å². The molecule has 13 nitrogen and oxygen atoms in total. The predicted molar refractivity (Wildman–Crippen MR) is 122 cm³/mol. The van der Waals surface area contributed by atoms with E-state index in [2.05, 4.69) is 20.4 Å². The van der Waals surface area contributed by atoms with Crippen LogP contribution in [0, 0.1) is 12.7 Å². The average molecular weight is 533 g/mol. The van der Waals surface area contributed by atoms with Gasteiger partial charge in [0.15, 0.2) is 17.6 Å². The Balaban J connectivity index is 0.000000623. The molecule has 0 spiro atoms. The third-order valence-corrected chi connectivity index (χ3v) is 5.31. The summed E-state index contributed by atoms with van der Waals surface area (Å²) in [6, 6.07) is 1.05. The van der Waals surface area contributed by atoms with Crippen molar-refractivity contribution in [1.29, 1.82) is 0 Å². The number of nitrogens with one attached hydrogen (secondary N) is 1. The normalized spacial score (nSPS) is 16.3. The first kappa shape index (κ1) is 26.6. The maximum absolute atomic E-state index is 15.0. The number of hydrogen-bond donors (Lipinski definition) is 5. The van der Waals surface area contributed by atoms with Crippen molar-refractivity contribution in [3.63, 3.8) is 0 Å². The number of carbonyl (C=O) groups excluding carboxylic acids is 1. The predicted octanol–water partition coefficient (Wildman–Crippen LogP) is 2.37. The Kier molecular flexibility index (Phi) is 7.82. The van der Waals surface area contributed by atoms with Crippen LogP contribution in [0.25, 0.3) is 11.0 Å². The van der Waals surface area contributed by atoms with Gasteiger partial charge in [-0.05, 0) is 26.8 Å². The van der Waals surface area contributed by atoms with Crippen molar-refractivity contribution >= 4 is 42.4 Å². The number of aryl methyl sites for hydroxylation is 1. The van der Waals surface area contributed by atoms with Gasteiger partial charge in [0.2, 0.25) is 0 Å². The highest BCUT2D eigenvalue weighted by Gasteiger charge is 2.34. The summed E-state index contributed by atoms with van der Waals surface area (Å²) in [6.45, 7) is 5.83. The minimum absolute atomic E-state index is 0.0897. The fourth-order valence-electron chi connectivity index (χ4n) is 3.67. The van der Waals surface area contributed by atoms with Crippen LogP contribution in [0.2, 0.25) is 5.02 Å². The molecule has 1 aliphatic rings. The van der Waals surface area contributed by atoms with Crippen molar-refractivity contribution in [2.75, 3.05) is 18.9 Å². The molecule has 0 bridgehead atoms. The molecule has 6 N–H and O–H groups in total. The Morgan fingerprint density at radius 1 is 1.43 bits per heavy atom. The van der Waals surface area contributed by atoms with Crippen LogP contribution in [0.15, 0.2) is 12.4 Å². The van der Waals surface area contributed by atoms with Crippen LogP contribution in [0.4, 0.5) is 15.0 Å². The largest absolute Gasteiger partial charge is 0.493 e. The van der Waals surface area contributed by atoms with E-state index >= 15 is 4.39 Å². The number of aromatic nitrogens is 4. The Morgan fingerprint density at radius 3 is 2.66 bits per heavy atom. The molecule has 190 valence electrons. The SMILES string of the molecule is CCOc1c([C@H](C)n2nc(C)c3c(N)ncnc32)cc(Cl)c(F)c1[C@@H]1CNC(=O)O1.O=P(O)(O)O. The number of amides is 1. The molecule has 1 aromatic carbocycles. The molecule has 35 heavy (non-hydrogen) atoms. The Morgan fingerprint density at radius 2 is 2.09 bits per heavy atom. The van der Waals surface area contributed by atoms with Crippen molar-refractivity contribution in [1.82, 2.24) is 25.1 Å². The smallest absolute Gasteiger partial charge is 0.466 e. The number of cyclic esters (lactones) is 1. The summed E-state index contributed by atoms with van der Waals surface area (Å²) in [6.07, 6.45) is -0.131. The van der Waals surface area contributed by atoms with E-state index in [4.69, 9.17) is 46.1 Å². The molecule has 4 rings (SSSR count). The monoisotopic (exact) mass is 532 g/mol. The van der Waals surface area contributed by atoms with E-state index in [1.165, 1.54) is 12.4 Å². The van der Waals surface area contributed by atoms with Crippen LogP contribution in [0.1, 0.15) is 42.8 Å². The van der Waals surface area contributed by atoms with Crippen LogP contribution in [-0.4, -0.2) is 53.7 Å². The lowest BCUT2D eigenvalue weighted by Crippen LogP contribution is -2.16. The van der Waals surface area contributed by atoms with Gasteiger partial charge in [0.05, 0.1) is 40.9 Å². The zero-order valence-electron chi connectivity index (χ0n) is 18.8. The molecule has 0 radical (unpaired) electrons. The number of anilines is 1. The lowest BCUT2D eigenvalue weighted by atomic mass is 9.99. The van der Waals surface area contributed by atoms with Crippen LogP contribution in [0.3, 0.4) is 0 Å². The van der Waals surface area contributed by atoms with Crippen LogP contribution >= 0.6 is 19.4 Å². The minimum atomic E-state index is -4.64. The van der Waals surface area contributed by atoms with E-state index in [9.17, 15) is 4.79 Å². The zero-order valence-corrected chi connectivity index (χ0v) is 20.4. The molecule has 0 saturated carbocycles. The summed E-state index contributed by atoms with van der Waals surface area (Å²) in [5, 5.41) is 7.62. The molecule has 1 fully saturated rings. The number of carbonyl (C=O) groups is 1. The summed E-state index contributed by atoms with van der Waals surface area (Å²) in [4.78, 5) is 41.4. The zero-order chi connectivity index (χ0) is 26.1. The molecular weight excluding hydrogens is 510 g/mol.